The first kappa shape index (κ1) is 8.57. The lowest BCUT2D eigenvalue weighted by molar-refractivity contribution is 0.773. The third-order valence-corrected chi connectivity index (χ3v) is 1.86. The summed E-state index contributed by atoms with van der Waals surface area (Å²) in [5.74, 6) is 0. The van der Waals surface area contributed by atoms with Crippen molar-refractivity contribution in [3.63, 3.8) is 0 Å². The number of hydrogen-bond donors (Lipinski definition) is 2. The van der Waals surface area contributed by atoms with Gasteiger partial charge in [0.25, 0.3) is 0 Å². The second-order valence-electron chi connectivity index (χ2n) is 1.64. The molecule has 0 rings (SSSR count). The van der Waals surface area contributed by atoms with Crippen molar-refractivity contribution >= 4 is 18.8 Å². The highest BCUT2D eigenvalue weighted by Gasteiger charge is 1.82. The average molecular weight is 152 g/mol. The Bertz CT molecular complexity index is 76.4. The van der Waals surface area contributed by atoms with Crippen LogP contribution >= 0.6 is 7.00 Å². The van der Waals surface area contributed by atoms with Crippen LogP contribution in [0.25, 0.3) is 0 Å². The van der Waals surface area contributed by atoms with Gasteiger partial charge in [0.2, 0.25) is 0 Å². The highest BCUT2D eigenvalue weighted by molar-refractivity contribution is 8.03. The Morgan fingerprint density at radius 2 is 2.38 bits per heavy atom. The molecule has 0 aliphatic rings. The standard InChI is InChI=1S/C4H13N2PS/c1-2-3-4-6-7(5)8/h7H,2-4H2,1H3,(H3,5,6,8). The van der Waals surface area contributed by atoms with Crippen LogP contribution in [0.2, 0.25) is 0 Å². The zero-order valence-corrected chi connectivity index (χ0v) is 6.92. The first-order valence-electron chi connectivity index (χ1n) is 2.80. The van der Waals surface area contributed by atoms with Crippen molar-refractivity contribution < 1.29 is 0 Å². The third kappa shape index (κ3) is 6.57. The number of unbranched alkanes of at least 4 members (excludes halogenated alkanes) is 1. The van der Waals surface area contributed by atoms with Crippen LogP contribution in [0.1, 0.15) is 19.8 Å². The molecule has 2 nitrogen and oxygen atoms in total. The summed E-state index contributed by atoms with van der Waals surface area (Å²) < 4.78 is 0. The summed E-state index contributed by atoms with van der Waals surface area (Å²) in [5.41, 5.74) is 5.34. The van der Waals surface area contributed by atoms with Crippen LogP contribution in [0.3, 0.4) is 0 Å². The fourth-order valence-corrected chi connectivity index (χ4v) is 1.12. The Morgan fingerprint density at radius 1 is 1.75 bits per heavy atom. The van der Waals surface area contributed by atoms with Gasteiger partial charge in [-0.3, -0.25) is 10.6 Å². The molecule has 4 heteroatoms. The maximum atomic E-state index is 5.34. The summed E-state index contributed by atoms with van der Waals surface area (Å²) in [6.45, 7) is 2.06. The van der Waals surface area contributed by atoms with Gasteiger partial charge in [-0.1, -0.05) is 25.2 Å². The van der Waals surface area contributed by atoms with Gasteiger partial charge in [0.15, 0.2) is 0 Å². The van der Waals surface area contributed by atoms with E-state index in [0.717, 1.165) is 6.54 Å². The SMILES string of the molecule is CCCCN[PH](N)=S. The van der Waals surface area contributed by atoms with E-state index < -0.39 is 7.00 Å². The van der Waals surface area contributed by atoms with E-state index in [9.17, 15) is 0 Å². The molecule has 0 aromatic carbocycles. The van der Waals surface area contributed by atoms with E-state index in [4.69, 9.17) is 17.3 Å². The summed E-state index contributed by atoms with van der Waals surface area (Å²) in [6.07, 6.45) is 2.39. The van der Waals surface area contributed by atoms with Crippen LogP contribution in [0, 0.1) is 0 Å². The molecule has 0 bridgehead atoms. The number of hydrogen-bond acceptors (Lipinski definition) is 1. The fraction of sp³-hybridized carbons (Fsp3) is 1.00. The quantitative estimate of drug-likeness (QED) is 0.463. The van der Waals surface area contributed by atoms with Crippen molar-refractivity contribution in [2.75, 3.05) is 6.54 Å². The molecular weight excluding hydrogens is 139 g/mol. The van der Waals surface area contributed by atoms with Crippen molar-refractivity contribution in [1.82, 2.24) is 5.09 Å². The van der Waals surface area contributed by atoms with Crippen molar-refractivity contribution in [3.8, 4) is 0 Å². The van der Waals surface area contributed by atoms with Crippen LogP contribution in [0.5, 0.6) is 0 Å². The molecule has 0 saturated heterocycles. The van der Waals surface area contributed by atoms with Crippen molar-refractivity contribution in [1.29, 1.82) is 0 Å². The van der Waals surface area contributed by atoms with Crippen LogP contribution in [-0.4, -0.2) is 6.54 Å². The summed E-state index contributed by atoms with van der Waals surface area (Å²) in [7, 11) is 0. The molecule has 0 aromatic heterocycles. The first-order valence-corrected chi connectivity index (χ1v) is 5.51. The van der Waals surface area contributed by atoms with Gasteiger partial charge >= 0.3 is 0 Å². The van der Waals surface area contributed by atoms with Gasteiger partial charge in [-0.05, 0) is 6.42 Å². The normalized spacial score (nSPS) is 13.8. The molecule has 0 fully saturated rings. The Balaban J connectivity index is 2.82. The largest absolute Gasteiger partial charge is 0.294 e. The minimum Gasteiger partial charge on any atom is -0.294 e. The second kappa shape index (κ2) is 5.70. The van der Waals surface area contributed by atoms with Gasteiger partial charge in [-0.2, -0.15) is 0 Å². The fourth-order valence-electron chi connectivity index (χ4n) is 0.388. The predicted octanol–water partition coefficient (Wildman–Crippen LogP) is 0.841. The molecule has 50 valence electrons. The van der Waals surface area contributed by atoms with E-state index in [0.29, 0.717) is 0 Å². The predicted molar refractivity (Wildman–Crippen MR) is 42.8 cm³/mol. The smallest absolute Gasteiger partial charge is 0.0573 e. The third-order valence-electron chi connectivity index (χ3n) is 0.830. The van der Waals surface area contributed by atoms with E-state index >= 15 is 0 Å². The molecule has 0 heterocycles. The summed E-state index contributed by atoms with van der Waals surface area (Å²) >= 11 is 4.76. The van der Waals surface area contributed by atoms with Crippen LogP contribution in [0.15, 0.2) is 0 Å². The Kier molecular flexibility index (Phi) is 6.11. The molecule has 3 N–H and O–H groups in total. The summed E-state index contributed by atoms with van der Waals surface area (Å²) in [4.78, 5) is 0. The van der Waals surface area contributed by atoms with E-state index in [1.165, 1.54) is 12.8 Å². The van der Waals surface area contributed by atoms with Crippen molar-refractivity contribution in [2.24, 2.45) is 5.50 Å². The zero-order valence-electron chi connectivity index (χ0n) is 5.11. The minimum atomic E-state index is -1.07. The highest BCUT2D eigenvalue weighted by atomic mass is 32.4. The number of nitrogens with one attached hydrogen (secondary N) is 1. The molecule has 0 saturated carbocycles. The van der Waals surface area contributed by atoms with Gasteiger partial charge < -0.3 is 0 Å². The molecule has 0 aliphatic carbocycles. The van der Waals surface area contributed by atoms with Gasteiger partial charge in [-0.15, -0.1) is 0 Å². The molecule has 0 amide bonds. The lowest BCUT2D eigenvalue weighted by Crippen LogP contribution is -2.07. The Hall–Kier alpha value is 0.570. The van der Waals surface area contributed by atoms with Crippen LogP contribution < -0.4 is 10.6 Å². The zero-order chi connectivity index (χ0) is 6.41. The molecular formula is C4H13N2PS. The number of rotatable bonds is 4. The van der Waals surface area contributed by atoms with Gasteiger partial charge in [0.05, 0.1) is 7.00 Å². The summed E-state index contributed by atoms with van der Waals surface area (Å²) in [6, 6.07) is 0. The topological polar surface area (TPSA) is 38.0 Å². The highest BCUT2D eigenvalue weighted by Crippen LogP contribution is 1.98. The second-order valence-corrected chi connectivity index (χ2v) is 4.05. The summed E-state index contributed by atoms with van der Waals surface area (Å²) in [5, 5.41) is 3.04. The minimum absolute atomic E-state index is 0.991. The average Bonchev–Trinajstić information content (AvgIpc) is 1.66. The Labute approximate surface area is 56.4 Å². The molecule has 0 spiro atoms. The molecule has 1 atom stereocenters. The van der Waals surface area contributed by atoms with Gasteiger partial charge in [-0.25, -0.2) is 0 Å². The van der Waals surface area contributed by atoms with Crippen molar-refractivity contribution in [3.05, 3.63) is 0 Å². The van der Waals surface area contributed by atoms with E-state index in [1.807, 2.05) is 0 Å². The lowest BCUT2D eigenvalue weighted by Gasteiger charge is -1.98. The van der Waals surface area contributed by atoms with E-state index in [2.05, 4.69) is 12.0 Å². The van der Waals surface area contributed by atoms with Crippen molar-refractivity contribution in [2.45, 2.75) is 19.8 Å². The van der Waals surface area contributed by atoms with Gasteiger partial charge in [0.1, 0.15) is 0 Å². The van der Waals surface area contributed by atoms with Crippen LogP contribution in [-0.2, 0) is 11.8 Å². The van der Waals surface area contributed by atoms with Gasteiger partial charge in [0, 0.05) is 6.54 Å². The number of nitrogens with two attached hydrogens (primary N) is 1. The maximum absolute atomic E-state index is 5.34. The molecule has 0 aliphatic heterocycles. The molecule has 0 radical (unpaired) electrons. The first-order chi connectivity index (χ1) is 3.77. The van der Waals surface area contributed by atoms with E-state index in [1.54, 1.807) is 0 Å². The molecule has 1 unspecified atom stereocenters. The van der Waals surface area contributed by atoms with E-state index in [-0.39, 0.29) is 0 Å². The van der Waals surface area contributed by atoms with Crippen LogP contribution in [0.4, 0.5) is 0 Å². The lowest BCUT2D eigenvalue weighted by atomic mass is 10.3. The molecule has 8 heavy (non-hydrogen) atoms. The molecule has 0 aromatic rings. The maximum Gasteiger partial charge on any atom is 0.0573 e. The monoisotopic (exact) mass is 152 g/mol. The Morgan fingerprint density at radius 3 is 2.75 bits per heavy atom.